The van der Waals surface area contributed by atoms with Crippen LogP contribution in [0.25, 0.3) is 20.3 Å². The molecule has 5 nitrogen and oxygen atoms in total. The van der Waals surface area contributed by atoms with E-state index in [9.17, 15) is 9.50 Å². The second-order valence-corrected chi connectivity index (χ2v) is 8.45. The number of pyridine rings is 1. The van der Waals surface area contributed by atoms with Crippen LogP contribution in [-0.2, 0) is 12.1 Å². The number of rotatable bonds is 4. The van der Waals surface area contributed by atoms with Gasteiger partial charge in [0.05, 0.1) is 16.0 Å². The van der Waals surface area contributed by atoms with Crippen LogP contribution in [0.5, 0.6) is 0 Å². The van der Waals surface area contributed by atoms with Crippen LogP contribution in [0.4, 0.5) is 10.2 Å². The van der Waals surface area contributed by atoms with Crippen LogP contribution < -0.4 is 5.32 Å². The summed E-state index contributed by atoms with van der Waals surface area (Å²) in [7, 11) is 0. The molecule has 2 N–H and O–H groups in total. The van der Waals surface area contributed by atoms with Gasteiger partial charge in [0.25, 0.3) is 0 Å². The van der Waals surface area contributed by atoms with Gasteiger partial charge in [-0.2, -0.15) is 5.10 Å². The molecule has 3 aromatic heterocycles. The van der Waals surface area contributed by atoms with Crippen molar-refractivity contribution in [2.75, 3.05) is 5.32 Å². The van der Waals surface area contributed by atoms with E-state index in [1.54, 1.807) is 37.4 Å². The van der Waals surface area contributed by atoms with Crippen molar-refractivity contribution in [1.82, 2.24) is 15.2 Å². The molecule has 144 valence electrons. The number of aliphatic hydroxyl groups is 1. The Bertz CT molecular complexity index is 1200. The van der Waals surface area contributed by atoms with Gasteiger partial charge in [-0.3, -0.25) is 0 Å². The first kappa shape index (κ1) is 18.7. The molecule has 7 heteroatoms. The highest BCUT2D eigenvalue weighted by Gasteiger charge is 2.20. The molecule has 0 saturated carbocycles. The molecule has 0 bridgehead atoms. The summed E-state index contributed by atoms with van der Waals surface area (Å²) in [5.41, 5.74) is 1.89. The van der Waals surface area contributed by atoms with Crippen molar-refractivity contribution in [3.05, 3.63) is 58.7 Å². The first-order valence-electron chi connectivity index (χ1n) is 9.02. The number of hydrogen-bond acceptors (Lipinski definition) is 6. The molecule has 0 aliphatic rings. The average molecular weight is 396 g/mol. The van der Waals surface area contributed by atoms with Crippen molar-refractivity contribution in [2.24, 2.45) is 0 Å². The first-order valence-corrected chi connectivity index (χ1v) is 9.83. The predicted molar refractivity (Wildman–Crippen MR) is 111 cm³/mol. The lowest BCUT2D eigenvalue weighted by Crippen LogP contribution is -2.17. The molecule has 0 spiro atoms. The Morgan fingerprint density at radius 1 is 1.18 bits per heavy atom. The minimum Gasteiger partial charge on any atom is -0.386 e. The zero-order valence-corrected chi connectivity index (χ0v) is 17.0. The Hall–Kier alpha value is -2.64. The monoisotopic (exact) mass is 396 g/mol. The van der Waals surface area contributed by atoms with E-state index < -0.39 is 11.4 Å². The molecular weight excluding hydrogens is 375 g/mol. The number of nitrogens with one attached hydrogen (secondary N) is 1. The molecule has 0 atom stereocenters. The van der Waals surface area contributed by atoms with E-state index in [1.807, 2.05) is 19.1 Å². The number of thiophene rings is 1. The molecule has 4 aromatic rings. The summed E-state index contributed by atoms with van der Waals surface area (Å²) in [4.78, 5) is 5.35. The van der Waals surface area contributed by atoms with Crippen LogP contribution >= 0.6 is 11.3 Å². The van der Waals surface area contributed by atoms with Gasteiger partial charge in [0.1, 0.15) is 16.5 Å². The average Bonchev–Trinajstić information content (AvgIpc) is 3.02. The molecule has 0 aliphatic carbocycles. The molecule has 0 radical (unpaired) electrons. The molecule has 1 aromatic carbocycles. The largest absolute Gasteiger partial charge is 0.386 e. The van der Waals surface area contributed by atoms with Gasteiger partial charge in [0.15, 0.2) is 0 Å². The van der Waals surface area contributed by atoms with Crippen LogP contribution in [0, 0.1) is 19.7 Å². The third-order valence-corrected chi connectivity index (χ3v) is 6.04. The Balaban J connectivity index is 1.68. The lowest BCUT2D eigenvalue weighted by molar-refractivity contribution is 0.0745. The predicted octanol–water partition coefficient (Wildman–Crippen LogP) is 4.83. The number of aryl methyl sites for hydroxylation is 2. The fourth-order valence-corrected chi connectivity index (χ4v) is 4.44. The lowest BCUT2D eigenvalue weighted by atomic mass is 9.96. The highest BCUT2D eigenvalue weighted by molar-refractivity contribution is 7.26. The molecule has 4 rings (SSSR count). The van der Waals surface area contributed by atoms with Gasteiger partial charge in [-0.05, 0) is 51.0 Å². The van der Waals surface area contributed by atoms with E-state index in [0.29, 0.717) is 6.54 Å². The third kappa shape index (κ3) is 3.21. The van der Waals surface area contributed by atoms with E-state index in [1.165, 1.54) is 6.07 Å². The van der Waals surface area contributed by atoms with Crippen LogP contribution in [0.1, 0.15) is 36.2 Å². The highest BCUT2D eigenvalue weighted by Crippen LogP contribution is 2.38. The van der Waals surface area contributed by atoms with Crippen LogP contribution in [0.15, 0.2) is 30.5 Å². The van der Waals surface area contributed by atoms with Gasteiger partial charge in [0.2, 0.25) is 0 Å². The number of nitrogens with zero attached hydrogens (tertiary/aromatic N) is 3. The third-order valence-electron chi connectivity index (χ3n) is 4.95. The smallest absolute Gasteiger partial charge is 0.147 e. The van der Waals surface area contributed by atoms with Crippen molar-refractivity contribution >= 4 is 37.5 Å². The minimum atomic E-state index is -1.21. The zero-order valence-electron chi connectivity index (χ0n) is 16.2. The lowest BCUT2D eigenvalue weighted by Gasteiger charge is -2.19. The normalized spacial score (nSPS) is 12.1. The Labute approximate surface area is 166 Å². The molecule has 28 heavy (non-hydrogen) atoms. The van der Waals surface area contributed by atoms with Gasteiger partial charge in [-0.15, -0.1) is 16.4 Å². The van der Waals surface area contributed by atoms with Gasteiger partial charge >= 0.3 is 0 Å². The van der Waals surface area contributed by atoms with Crippen LogP contribution in [-0.4, -0.2) is 20.3 Å². The summed E-state index contributed by atoms with van der Waals surface area (Å²) in [5, 5.41) is 24.1. The summed E-state index contributed by atoms with van der Waals surface area (Å²) in [6.45, 7) is 7.58. The number of fused-ring (bicyclic) bond motifs is 3. The van der Waals surface area contributed by atoms with E-state index in [2.05, 4.69) is 27.4 Å². The summed E-state index contributed by atoms with van der Waals surface area (Å²) >= 11 is 1.55. The molecule has 0 aliphatic heterocycles. The van der Waals surface area contributed by atoms with Crippen molar-refractivity contribution < 1.29 is 9.50 Å². The van der Waals surface area contributed by atoms with Crippen molar-refractivity contribution in [1.29, 1.82) is 0 Å². The number of anilines is 1. The fraction of sp³-hybridized carbons (Fsp3) is 0.286. The topological polar surface area (TPSA) is 70.9 Å². The summed E-state index contributed by atoms with van der Waals surface area (Å²) < 4.78 is 15.3. The first-order chi connectivity index (χ1) is 13.3. The second-order valence-electron chi connectivity index (χ2n) is 7.46. The summed E-state index contributed by atoms with van der Waals surface area (Å²) in [6.07, 6.45) is 1.77. The number of benzene rings is 1. The SMILES string of the molecule is Cc1nnc2sc3c(NCc4ccc(C(C)(C)O)c(F)c4)nccc3c2c1C. The molecule has 0 saturated heterocycles. The Morgan fingerprint density at radius 3 is 2.68 bits per heavy atom. The van der Waals surface area contributed by atoms with E-state index >= 15 is 0 Å². The van der Waals surface area contributed by atoms with Crippen molar-refractivity contribution in [3.63, 3.8) is 0 Å². The maximum atomic E-state index is 14.3. The summed E-state index contributed by atoms with van der Waals surface area (Å²) in [5.74, 6) is 0.325. The van der Waals surface area contributed by atoms with Crippen LogP contribution in [0.2, 0.25) is 0 Å². The number of halogens is 1. The standard InChI is InChI=1S/C21H21FN4OS/c1-11-12(2)25-26-20-17(11)14-7-8-23-19(18(14)28-20)24-10-13-5-6-15(16(22)9-13)21(3,4)27/h5-9,27H,10H2,1-4H3,(H,23,24). The molecule has 0 amide bonds. The van der Waals surface area contributed by atoms with E-state index in [4.69, 9.17) is 0 Å². The van der Waals surface area contributed by atoms with Crippen molar-refractivity contribution in [2.45, 2.75) is 39.8 Å². The van der Waals surface area contributed by atoms with Crippen LogP contribution in [0.3, 0.4) is 0 Å². The fourth-order valence-electron chi connectivity index (χ4n) is 3.30. The number of hydrogen-bond donors (Lipinski definition) is 2. The van der Waals surface area contributed by atoms with E-state index in [0.717, 1.165) is 42.9 Å². The zero-order chi connectivity index (χ0) is 20.1. The van der Waals surface area contributed by atoms with E-state index in [-0.39, 0.29) is 5.56 Å². The second kappa shape index (κ2) is 6.76. The minimum absolute atomic E-state index is 0.283. The molecule has 3 heterocycles. The van der Waals surface area contributed by atoms with Gasteiger partial charge in [-0.1, -0.05) is 12.1 Å². The Morgan fingerprint density at radius 2 is 1.96 bits per heavy atom. The highest BCUT2D eigenvalue weighted by atomic mass is 32.1. The van der Waals surface area contributed by atoms with Gasteiger partial charge in [0, 0.05) is 29.1 Å². The van der Waals surface area contributed by atoms with Gasteiger partial charge < -0.3 is 10.4 Å². The maximum absolute atomic E-state index is 14.3. The van der Waals surface area contributed by atoms with Crippen molar-refractivity contribution in [3.8, 4) is 0 Å². The van der Waals surface area contributed by atoms with Gasteiger partial charge in [-0.25, -0.2) is 9.37 Å². The number of aromatic nitrogens is 3. The maximum Gasteiger partial charge on any atom is 0.147 e. The Kier molecular flexibility index (Phi) is 4.51. The quantitative estimate of drug-likeness (QED) is 0.517. The molecule has 0 fully saturated rings. The molecular formula is C21H21FN4OS. The molecule has 0 unspecified atom stereocenters. The summed E-state index contributed by atoms with van der Waals surface area (Å²) in [6, 6.07) is 6.88.